The van der Waals surface area contributed by atoms with Gasteiger partial charge in [0.25, 0.3) is 0 Å². The first kappa shape index (κ1) is 21.1. The molecular weight excluding hydrogens is 422 g/mol. The summed E-state index contributed by atoms with van der Waals surface area (Å²) in [4.78, 5) is 32.6. The number of aromatic nitrogens is 2. The third-order valence-corrected chi connectivity index (χ3v) is 5.51. The molecule has 0 bridgehead atoms. The summed E-state index contributed by atoms with van der Waals surface area (Å²) in [7, 11) is 1.34. The molecule has 0 spiro atoms. The fourth-order valence-electron chi connectivity index (χ4n) is 2.99. The summed E-state index contributed by atoms with van der Waals surface area (Å²) in [5.74, 6) is -0.652. The van der Waals surface area contributed by atoms with Gasteiger partial charge in [-0.25, -0.2) is 9.78 Å². The van der Waals surface area contributed by atoms with Crippen LogP contribution in [-0.2, 0) is 9.53 Å². The van der Waals surface area contributed by atoms with E-state index in [0.29, 0.717) is 11.3 Å². The Kier molecular flexibility index (Phi) is 6.48. The second-order valence-corrected chi connectivity index (χ2v) is 7.65. The first-order valence-electron chi connectivity index (χ1n) is 9.76. The largest absolute Gasteiger partial charge is 0.465 e. The highest BCUT2D eigenvalue weighted by molar-refractivity contribution is 7.13. The lowest BCUT2D eigenvalue weighted by Crippen LogP contribution is -2.07. The molecule has 0 fully saturated rings. The molecule has 4 aromatic rings. The first-order valence-corrected chi connectivity index (χ1v) is 10.6. The monoisotopic (exact) mass is 441 g/mol. The highest BCUT2D eigenvalue weighted by Gasteiger charge is 2.08. The van der Waals surface area contributed by atoms with Gasteiger partial charge >= 0.3 is 5.97 Å². The average Bonchev–Trinajstić information content (AvgIpc) is 3.34. The summed E-state index contributed by atoms with van der Waals surface area (Å²) >= 11 is 1.56. The lowest BCUT2D eigenvalue weighted by Gasteiger charge is -2.04. The van der Waals surface area contributed by atoms with E-state index in [0.717, 1.165) is 27.4 Å². The van der Waals surface area contributed by atoms with Gasteiger partial charge in [0.05, 0.1) is 18.4 Å². The molecule has 0 saturated heterocycles. The van der Waals surface area contributed by atoms with Crippen molar-refractivity contribution in [1.29, 1.82) is 0 Å². The zero-order valence-corrected chi connectivity index (χ0v) is 18.0. The molecule has 0 atom stereocenters. The maximum absolute atomic E-state index is 12.4. The highest BCUT2D eigenvalue weighted by Crippen LogP contribution is 2.29. The topological polar surface area (TPSA) is 81.2 Å². The third-order valence-electron chi connectivity index (χ3n) is 4.62. The lowest BCUT2D eigenvalue weighted by molar-refractivity contribution is -0.111. The van der Waals surface area contributed by atoms with E-state index in [1.807, 2.05) is 41.8 Å². The molecule has 2 aromatic heterocycles. The van der Waals surface area contributed by atoms with Crippen LogP contribution in [0.25, 0.3) is 27.9 Å². The number of pyridine rings is 1. The van der Waals surface area contributed by atoms with Crippen LogP contribution < -0.4 is 5.32 Å². The van der Waals surface area contributed by atoms with Gasteiger partial charge in [0.15, 0.2) is 0 Å². The number of carbonyl (C=O) groups excluding carboxylic acids is 2. The van der Waals surface area contributed by atoms with Crippen LogP contribution in [0, 0.1) is 0 Å². The number of hydrogen-bond acceptors (Lipinski definition) is 6. The smallest absolute Gasteiger partial charge is 0.337 e. The van der Waals surface area contributed by atoms with Crippen molar-refractivity contribution in [3.8, 4) is 21.8 Å². The minimum atomic E-state index is -0.397. The third kappa shape index (κ3) is 5.14. The van der Waals surface area contributed by atoms with E-state index in [4.69, 9.17) is 4.98 Å². The standard InChI is InChI=1S/C25H19N3O3S/c1-31-25(30)19-8-5-17(6-9-19)7-10-23(29)27-21-4-2-3-20(15-21)22-16-32-24(28-22)18-11-13-26-14-12-18/h2-16H,1H3,(H,27,29)/b10-7+. The zero-order chi connectivity index (χ0) is 22.3. The number of ether oxygens (including phenoxy) is 1. The van der Waals surface area contributed by atoms with Crippen molar-refractivity contribution in [3.63, 3.8) is 0 Å². The molecule has 0 aliphatic carbocycles. The van der Waals surface area contributed by atoms with Gasteiger partial charge in [0.2, 0.25) is 5.91 Å². The van der Waals surface area contributed by atoms with Crippen LogP contribution in [0.3, 0.4) is 0 Å². The predicted molar refractivity (Wildman–Crippen MR) is 126 cm³/mol. The van der Waals surface area contributed by atoms with E-state index in [1.165, 1.54) is 13.2 Å². The SMILES string of the molecule is COC(=O)c1ccc(/C=C/C(=O)Nc2cccc(-c3csc(-c4ccncc4)n3)c2)cc1. The van der Waals surface area contributed by atoms with Crippen molar-refractivity contribution in [1.82, 2.24) is 9.97 Å². The number of methoxy groups -OCH3 is 1. The van der Waals surface area contributed by atoms with Crippen molar-refractivity contribution < 1.29 is 14.3 Å². The van der Waals surface area contributed by atoms with Crippen molar-refractivity contribution in [2.45, 2.75) is 0 Å². The van der Waals surface area contributed by atoms with E-state index in [-0.39, 0.29) is 5.91 Å². The first-order chi connectivity index (χ1) is 15.6. The Morgan fingerprint density at radius 3 is 2.53 bits per heavy atom. The molecule has 6 nitrogen and oxygen atoms in total. The Morgan fingerprint density at radius 1 is 1.00 bits per heavy atom. The molecule has 158 valence electrons. The number of nitrogens with one attached hydrogen (secondary N) is 1. The molecule has 0 saturated carbocycles. The number of nitrogens with zero attached hydrogens (tertiary/aromatic N) is 2. The molecule has 32 heavy (non-hydrogen) atoms. The minimum Gasteiger partial charge on any atom is -0.465 e. The summed E-state index contributed by atoms with van der Waals surface area (Å²) in [6.45, 7) is 0. The fraction of sp³-hybridized carbons (Fsp3) is 0.0400. The molecule has 1 amide bonds. The lowest BCUT2D eigenvalue weighted by atomic mass is 10.1. The number of esters is 1. The van der Waals surface area contributed by atoms with Crippen molar-refractivity contribution in [2.75, 3.05) is 12.4 Å². The number of hydrogen-bond donors (Lipinski definition) is 1. The normalized spacial score (nSPS) is 10.8. The fourth-order valence-corrected chi connectivity index (χ4v) is 3.83. The van der Waals surface area contributed by atoms with Gasteiger partial charge in [-0.3, -0.25) is 9.78 Å². The van der Waals surface area contributed by atoms with E-state index >= 15 is 0 Å². The Balaban J connectivity index is 1.43. The van der Waals surface area contributed by atoms with E-state index in [1.54, 1.807) is 54.1 Å². The molecule has 1 N–H and O–H groups in total. The second kappa shape index (κ2) is 9.80. The quantitative estimate of drug-likeness (QED) is 0.324. The van der Waals surface area contributed by atoms with Crippen LogP contribution in [0.15, 0.2) is 84.5 Å². The predicted octanol–water partition coefficient (Wildman–Crippen LogP) is 5.31. The summed E-state index contributed by atoms with van der Waals surface area (Å²) in [5.41, 5.74) is 4.72. The molecule has 0 aliphatic heterocycles. The van der Waals surface area contributed by atoms with Crippen LogP contribution in [0.1, 0.15) is 15.9 Å². The summed E-state index contributed by atoms with van der Waals surface area (Å²) in [6, 6.07) is 18.2. The minimum absolute atomic E-state index is 0.255. The molecule has 0 aliphatic rings. The van der Waals surface area contributed by atoms with Crippen LogP contribution in [0.5, 0.6) is 0 Å². The van der Waals surface area contributed by atoms with E-state index in [2.05, 4.69) is 15.0 Å². The van der Waals surface area contributed by atoms with Gasteiger partial charge in [0.1, 0.15) is 5.01 Å². The van der Waals surface area contributed by atoms with Gasteiger partial charge in [-0.1, -0.05) is 24.3 Å². The van der Waals surface area contributed by atoms with Gasteiger partial charge < -0.3 is 10.1 Å². The van der Waals surface area contributed by atoms with Gasteiger partial charge in [0, 0.05) is 40.7 Å². The van der Waals surface area contributed by atoms with Gasteiger partial charge in [-0.15, -0.1) is 11.3 Å². The van der Waals surface area contributed by atoms with Crippen molar-refractivity contribution >= 4 is 35.0 Å². The number of thiazole rings is 1. The molecule has 2 aromatic carbocycles. The Bertz CT molecular complexity index is 1270. The van der Waals surface area contributed by atoms with Crippen LogP contribution in [0.4, 0.5) is 5.69 Å². The molecule has 0 radical (unpaired) electrons. The highest BCUT2D eigenvalue weighted by atomic mass is 32.1. The van der Waals surface area contributed by atoms with Crippen molar-refractivity contribution in [3.05, 3.63) is 95.6 Å². The molecule has 0 unspecified atom stereocenters. The molecule has 4 rings (SSSR count). The molecular formula is C25H19N3O3S. The number of anilines is 1. The van der Waals surface area contributed by atoms with E-state index < -0.39 is 5.97 Å². The molecule has 2 heterocycles. The maximum atomic E-state index is 12.4. The maximum Gasteiger partial charge on any atom is 0.337 e. The number of benzene rings is 2. The van der Waals surface area contributed by atoms with Crippen molar-refractivity contribution in [2.24, 2.45) is 0 Å². The van der Waals surface area contributed by atoms with Gasteiger partial charge in [-0.2, -0.15) is 0 Å². The number of rotatable bonds is 6. The number of amides is 1. The zero-order valence-electron chi connectivity index (χ0n) is 17.2. The van der Waals surface area contributed by atoms with Gasteiger partial charge in [-0.05, 0) is 48.0 Å². The van der Waals surface area contributed by atoms with E-state index in [9.17, 15) is 9.59 Å². The summed E-state index contributed by atoms with van der Waals surface area (Å²) in [5, 5.41) is 5.78. The summed E-state index contributed by atoms with van der Waals surface area (Å²) in [6.07, 6.45) is 6.62. The van der Waals surface area contributed by atoms with Crippen LogP contribution in [0.2, 0.25) is 0 Å². The number of carbonyl (C=O) groups is 2. The Morgan fingerprint density at radius 2 is 1.78 bits per heavy atom. The molecule has 7 heteroatoms. The average molecular weight is 442 g/mol. The van der Waals surface area contributed by atoms with Crippen LogP contribution >= 0.6 is 11.3 Å². The second-order valence-electron chi connectivity index (χ2n) is 6.79. The Hall–Kier alpha value is -4.10. The summed E-state index contributed by atoms with van der Waals surface area (Å²) < 4.78 is 4.68. The van der Waals surface area contributed by atoms with Crippen LogP contribution in [-0.4, -0.2) is 29.0 Å². The Labute approximate surface area is 189 Å².